The summed E-state index contributed by atoms with van der Waals surface area (Å²) in [5, 5.41) is 12.3. The van der Waals surface area contributed by atoms with Crippen molar-refractivity contribution in [1.82, 2.24) is 15.0 Å². The van der Waals surface area contributed by atoms with Crippen molar-refractivity contribution in [3.05, 3.63) is 35.9 Å². The molecule has 1 aromatic heterocycles. The van der Waals surface area contributed by atoms with Gasteiger partial charge in [-0.25, -0.2) is 17.9 Å². The van der Waals surface area contributed by atoms with Crippen LogP contribution in [0.15, 0.2) is 29.3 Å². The fourth-order valence-electron chi connectivity index (χ4n) is 1.39. The summed E-state index contributed by atoms with van der Waals surface area (Å²) in [6.07, 6.45) is 1.62. The third kappa shape index (κ3) is 3.26. The van der Waals surface area contributed by atoms with E-state index in [1.54, 1.807) is 13.2 Å². The lowest BCUT2D eigenvalue weighted by molar-refractivity contribution is 0.285. The van der Waals surface area contributed by atoms with E-state index in [1.807, 2.05) is 0 Å². The number of hydrogen-bond donors (Lipinski definition) is 1. The van der Waals surface area contributed by atoms with E-state index in [-0.39, 0.29) is 17.3 Å². The first-order valence-corrected chi connectivity index (χ1v) is 6.71. The van der Waals surface area contributed by atoms with Gasteiger partial charge in [0.05, 0.1) is 11.1 Å². The van der Waals surface area contributed by atoms with Crippen molar-refractivity contribution in [3.63, 3.8) is 0 Å². The maximum Gasteiger partial charge on any atom is 0.238 e. The molecule has 0 aliphatic rings. The smallest absolute Gasteiger partial charge is 0.238 e. The summed E-state index contributed by atoms with van der Waals surface area (Å²) in [4.78, 5) is -0.308. The van der Waals surface area contributed by atoms with Crippen molar-refractivity contribution in [2.45, 2.75) is 11.5 Å². The quantitative estimate of drug-likeness (QED) is 0.864. The van der Waals surface area contributed by atoms with Gasteiger partial charge in [0.2, 0.25) is 10.0 Å². The van der Waals surface area contributed by atoms with Gasteiger partial charge in [0.25, 0.3) is 0 Å². The summed E-state index contributed by atoms with van der Waals surface area (Å²) in [7, 11) is -2.23. The van der Waals surface area contributed by atoms with Gasteiger partial charge in [-0.2, -0.15) is 0 Å². The SMILES string of the molecule is Cn1cc(COc2ccc(S(N)(=O)=O)cc2F)nn1. The van der Waals surface area contributed by atoms with Crippen LogP contribution in [0, 0.1) is 5.82 Å². The lowest BCUT2D eigenvalue weighted by Gasteiger charge is -2.06. The van der Waals surface area contributed by atoms with E-state index >= 15 is 0 Å². The Morgan fingerprint density at radius 3 is 2.74 bits per heavy atom. The second-order valence-corrected chi connectivity index (χ2v) is 5.37. The van der Waals surface area contributed by atoms with E-state index < -0.39 is 15.8 Å². The lowest BCUT2D eigenvalue weighted by Crippen LogP contribution is -2.12. The molecule has 7 nitrogen and oxygen atoms in total. The van der Waals surface area contributed by atoms with Gasteiger partial charge in [-0.05, 0) is 18.2 Å². The zero-order valence-corrected chi connectivity index (χ0v) is 10.8. The first-order valence-electron chi connectivity index (χ1n) is 5.16. The van der Waals surface area contributed by atoms with Crippen LogP contribution >= 0.6 is 0 Å². The van der Waals surface area contributed by atoms with Crippen LogP contribution in [0.2, 0.25) is 0 Å². The number of halogens is 1. The van der Waals surface area contributed by atoms with Gasteiger partial charge in [0, 0.05) is 7.05 Å². The Morgan fingerprint density at radius 2 is 2.21 bits per heavy atom. The summed E-state index contributed by atoms with van der Waals surface area (Å²) >= 11 is 0. The van der Waals surface area contributed by atoms with Crippen LogP contribution in [0.25, 0.3) is 0 Å². The summed E-state index contributed by atoms with van der Waals surface area (Å²) in [5.74, 6) is -0.895. The highest BCUT2D eigenvalue weighted by molar-refractivity contribution is 7.89. The first-order chi connectivity index (χ1) is 8.86. The predicted molar refractivity (Wildman–Crippen MR) is 63.1 cm³/mol. The molecule has 0 saturated heterocycles. The van der Waals surface area contributed by atoms with Gasteiger partial charge in [-0.1, -0.05) is 5.21 Å². The molecule has 1 heterocycles. The molecule has 0 unspecified atom stereocenters. The van der Waals surface area contributed by atoms with Crippen LogP contribution < -0.4 is 9.88 Å². The van der Waals surface area contributed by atoms with Gasteiger partial charge in [-0.3, -0.25) is 4.68 Å². The Bertz CT molecular complexity index is 699. The Balaban J connectivity index is 2.14. The number of benzene rings is 1. The van der Waals surface area contributed by atoms with E-state index in [0.717, 1.165) is 6.07 Å². The van der Waals surface area contributed by atoms with E-state index in [2.05, 4.69) is 10.3 Å². The van der Waals surface area contributed by atoms with Gasteiger partial charge in [0.1, 0.15) is 12.3 Å². The van der Waals surface area contributed by atoms with Crippen LogP contribution in [0.4, 0.5) is 4.39 Å². The van der Waals surface area contributed by atoms with Crippen molar-refractivity contribution in [3.8, 4) is 5.75 Å². The Labute approximate surface area is 108 Å². The van der Waals surface area contributed by atoms with Gasteiger partial charge < -0.3 is 4.74 Å². The van der Waals surface area contributed by atoms with Crippen LogP contribution in [0.5, 0.6) is 5.75 Å². The number of sulfonamides is 1. The van der Waals surface area contributed by atoms with Crippen molar-refractivity contribution < 1.29 is 17.5 Å². The monoisotopic (exact) mass is 286 g/mol. The third-order valence-corrected chi connectivity index (χ3v) is 3.17. The highest BCUT2D eigenvalue weighted by Gasteiger charge is 2.12. The standard InChI is InChI=1S/C10H11FN4O3S/c1-15-5-7(13-14-15)6-18-10-3-2-8(4-9(10)11)19(12,16)17/h2-5H,6H2,1H3,(H2,12,16,17). The minimum atomic E-state index is -3.93. The molecule has 0 spiro atoms. The topological polar surface area (TPSA) is 100 Å². The molecule has 0 saturated carbocycles. The lowest BCUT2D eigenvalue weighted by atomic mass is 10.3. The molecule has 9 heteroatoms. The Hall–Kier alpha value is -2.00. The Kier molecular flexibility index (Phi) is 3.49. The molecule has 0 amide bonds. The Morgan fingerprint density at radius 1 is 1.47 bits per heavy atom. The number of aromatic nitrogens is 3. The van der Waals surface area contributed by atoms with Crippen molar-refractivity contribution in [2.75, 3.05) is 0 Å². The zero-order chi connectivity index (χ0) is 14.0. The third-order valence-electron chi connectivity index (χ3n) is 2.26. The van der Waals surface area contributed by atoms with Gasteiger partial charge in [0.15, 0.2) is 11.6 Å². The van der Waals surface area contributed by atoms with E-state index in [4.69, 9.17) is 9.88 Å². The number of aryl methyl sites for hydroxylation is 1. The van der Waals surface area contributed by atoms with Gasteiger partial charge >= 0.3 is 0 Å². The van der Waals surface area contributed by atoms with Crippen molar-refractivity contribution in [2.24, 2.45) is 12.2 Å². The van der Waals surface area contributed by atoms with Crippen molar-refractivity contribution >= 4 is 10.0 Å². The molecule has 2 aromatic rings. The normalized spacial score (nSPS) is 11.5. The van der Waals surface area contributed by atoms with Crippen LogP contribution in [0.3, 0.4) is 0 Å². The number of rotatable bonds is 4. The van der Waals surface area contributed by atoms with Crippen molar-refractivity contribution in [1.29, 1.82) is 0 Å². The molecule has 0 bridgehead atoms. The molecule has 0 fully saturated rings. The molecular formula is C10H11FN4O3S. The second kappa shape index (κ2) is 4.94. The zero-order valence-electron chi connectivity index (χ0n) is 9.95. The maximum atomic E-state index is 13.6. The molecule has 19 heavy (non-hydrogen) atoms. The van der Waals surface area contributed by atoms with E-state index in [1.165, 1.54) is 16.8 Å². The van der Waals surface area contributed by atoms with E-state index in [9.17, 15) is 12.8 Å². The largest absolute Gasteiger partial charge is 0.484 e. The fourth-order valence-corrected chi connectivity index (χ4v) is 1.91. The molecule has 1 aromatic carbocycles. The first kappa shape index (κ1) is 13.4. The molecule has 2 rings (SSSR count). The number of hydrogen-bond acceptors (Lipinski definition) is 5. The number of nitrogens with two attached hydrogens (primary N) is 1. The highest BCUT2D eigenvalue weighted by Crippen LogP contribution is 2.21. The minimum Gasteiger partial charge on any atom is -0.484 e. The molecule has 102 valence electrons. The maximum absolute atomic E-state index is 13.6. The summed E-state index contributed by atoms with van der Waals surface area (Å²) < 4.78 is 42.3. The molecule has 0 aliphatic carbocycles. The van der Waals surface area contributed by atoms with E-state index in [0.29, 0.717) is 5.69 Å². The summed E-state index contributed by atoms with van der Waals surface area (Å²) in [6.45, 7) is 0.0273. The molecule has 2 N–H and O–H groups in total. The van der Waals surface area contributed by atoms with Crippen LogP contribution in [-0.4, -0.2) is 23.4 Å². The molecule has 0 aliphatic heterocycles. The van der Waals surface area contributed by atoms with Crippen LogP contribution in [-0.2, 0) is 23.7 Å². The highest BCUT2D eigenvalue weighted by atomic mass is 32.2. The number of ether oxygens (including phenoxy) is 1. The summed E-state index contributed by atoms with van der Waals surface area (Å²) in [6, 6.07) is 3.18. The molecule has 0 atom stereocenters. The molecule has 0 radical (unpaired) electrons. The fraction of sp³-hybridized carbons (Fsp3) is 0.200. The van der Waals surface area contributed by atoms with Gasteiger partial charge in [-0.15, -0.1) is 5.10 Å². The average molecular weight is 286 g/mol. The van der Waals surface area contributed by atoms with Crippen LogP contribution in [0.1, 0.15) is 5.69 Å². The predicted octanol–water partition coefficient (Wildman–Crippen LogP) is 0.181. The molecular weight excluding hydrogens is 275 g/mol. The second-order valence-electron chi connectivity index (χ2n) is 3.81. The summed E-state index contributed by atoms with van der Waals surface area (Å²) in [5.41, 5.74) is 0.525. The minimum absolute atomic E-state index is 0.0273. The number of nitrogens with zero attached hydrogens (tertiary/aromatic N) is 3. The average Bonchev–Trinajstić information content (AvgIpc) is 2.72. The number of primary sulfonamides is 1.